The van der Waals surface area contributed by atoms with Crippen LogP contribution in [0.1, 0.15) is 50.7 Å². The lowest BCUT2D eigenvalue weighted by atomic mass is 9.94. The van der Waals surface area contributed by atoms with Gasteiger partial charge in [-0.1, -0.05) is 30.7 Å². The zero-order valence-electron chi connectivity index (χ0n) is 16.5. The van der Waals surface area contributed by atoms with Gasteiger partial charge in [-0.2, -0.15) is 0 Å². The molecule has 1 aromatic rings. The summed E-state index contributed by atoms with van der Waals surface area (Å²) in [7, 11) is 0. The summed E-state index contributed by atoms with van der Waals surface area (Å²) in [5.74, 6) is 0.796. The Labute approximate surface area is 161 Å². The Morgan fingerprint density at radius 1 is 1.19 bits per heavy atom. The highest BCUT2D eigenvalue weighted by Crippen LogP contribution is 2.33. The Morgan fingerprint density at radius 3 is 2.52 bits per heavy atom. The molecule has 0 spiro atoms. The van der Waals surface area contributed by atoms with Crippen LogP contribution in [0.25, 0.3) is 0 Å². The average molecular weight is 380 g/mol. The van der Waals surface area contributed by atoms with Crippen LogP contribution in [0.15, 0.2) is 29.8 Å². The van der Waals surface area contributed by atoms with E-state index in [1.54, 1.807) is 0 Å². The highest BCUT2D eigenvalue weighted by Gasteiger charge is 2.44. The Hall–Kier alpha value is -1.44. The minimum atomic E-state index is -1.45. The summed E-state index contributed by atoms with van der Waals surface area (Å²) in [5, 5.41) is 39.5. The third-order valence-electron chi connectivity index (χ3n) is 4.94. The third-order valence-corrected chi connectivity index (χ3v) is 4.94. The van der Waals surface area contributed by atoms with Gasteiger partial charge in [0, 0.05) is 0 Å². The van der Waals surface area contributed by atoms with Crippen LogP contribution in [0, 0.1) is 6.92 Å². The van der Waals surface area contributed by atoms with Gasteiger partial charge in [-0.05, 0) is 56.7 Å². The molecule has 0 bridgehead atoms. The number of hydrogen-bond acceptors (Lipinski definition) is 6. The molecule has 4 N–H and O–H groups in total. The number of hydrogen-bond donors (Lipinski definition) is 4. The van der Waals surface area contributed by atoms with Gasteiger partial charge < -0.3 is 29.9 Å². The molecule has 0 aliphatic carbocycles. The van der Waals surface area contributed by atoms with Gasteiger partial charge in [0.15, 0.2) is 0 Å². The quantitative estimate of drug-likeness (QED) is 0.540. The standard InChI is InChI=1S/C21H32O6/c1-12(2)6-5-7-14(4)15-9-8-13(3)10-16(15)26-21-20(25)19(24)18(23)17(11-22)27-21/h6,8-10,14,17-25H,5,7,11H2,1-4H3/t14-,17?,18+,19?,20+,21+/m0/s1. The molecule has 1 aromatic carbocycles. The highest BCUT2D eigenvalue weighted by atomic mass is 16.7. The third kappa shape index (κ3) is 5.53. The van der Waals surface area contributed by atoms with E-state index in [4.69, 9.17) is 9.47 Å². The van der Waals surface area contributed by atoms with Gasteiger partial charge in [0.1, 0.15) is 30.2 Å². The van der Waals surface area contributed by atoms with Crippen LogP contribution < -0.4 is 4.74 Å². The van der Waals surface area contributed by atoms with Crippen LogP contribution in [0.5, 0.6) is 5.75 Å². The summed E-state index contributed by atoms with van der Waals surface area (Å²) < 4.78 is 11.4. The molecule has 1 heterocycles. The molecule has 1 fully saturated rings. The van der Waals surface area contributed by atoms with Gasteiger partial charge >= 0.3 is 0 Å². The minimum absolute atomic E-state index is 0.223. The van der Waals surface area contributed by atoms with E-state index in [1.807, 2.05) is 25.1 Å². The van der Waals surface area contributed by atoms with Crippen LogP contribution >= 0.6 is 0 Å². The smallest absolute Gasteiger partial charge is 0.229 e. The molecule has 1 aliphatic rings. The molecule has 2 rings (SSSR count). The summed E-state index contributed by atoms with van der Waals surface area (Å²) in [5.41, 5.74) is 3.26. The summed E-state index contributed by atoms with van der Waals surface area (Å²) in [6.45, 7) is 7.72. The van der Waals surface area contributed by atoms with Gasteiger partial charge in [0.25, 0.3) is 0 Å². The van der Waals surface area contributed by atoms with E-state index in [2.05, 4.69) is 26.8 Å². The highest BCUT2D eigenvalue weighted by molar-refractivity contribution is 5.39. The lowest BCUT2D eigenvalue weighted by molar-refractivity contribution is -0.277. The van der Waals surface area contributed by atoms with Crippen molar-refractivity contribution in [3.63, 3.8) is 0 Å². The molecule has 1 aliphatic heterocycles. The van der Waals surface area contributed by atoms with Crippen molar-refractivity contribution in [2.24, 2.45) is 0 Å². The van der Waals surface area contributed by atoms with Gasteiger partial charge in [-0.3, -0.25) is 0 Å². The maximum atomic E-state index is 10.2. The number of aliphatic hydroxyl groups is 4. The van der Waals surface area contributed by atoms with E-state index in [1.165, 1.54) is 5.57 Å². The zero-order chi connectivity index (χ0) is 20.1. The van der Waals surface area contributed by atoms with Gasteiger partial charge in [-0.25, -0.2) is 0 Å². The normalized spacial score (nSPS) is 29.3. The molecule has 0 aromatic heterocycles. The van der Waals surface area contributed by atoms with E-state index in [9.17, 15) is 20.4 Å². The molecular formula is C21H32O6. The number of allylic oxidation sites excluding steroid dienone is 2. The van der Waals surface area contributed by atoms with Gasteiger partial charge in [0.05, 0.1) is 6.61 Å². The number of aliphatic hydroxyl groups excluding tert-OH is 4. The SMILES string of the molecule is CC(C)=CCC[C@H](C)c1ccc(C)cc1O[C@@H]1OC(CO)[C@@H](O)C(O)[C@H]1O. The van der Waals surface area contributed by atoms with Crippen molar-refractivity contribution >= 4 is 0 Å². The molecule has 0 saturated carbocycles. The summed E-state index contributed by atoms with van der Waals surface area (Å²) >= 11 is 0. The second-order valence-electron chi connectivity index (χ2n) is 7.62. The van der Waals surface area contributed by atoms with Crippen LogP contribution in [0.2, 0.25) is 0 Å². The van der Waals surface area contributed by atoms with E-state index in [-0.39, 0.29) is 5.92 Å². The van der Waals surface area contributed by atoms with Crippen LogP contribution in [0.4, 0.5) is 0 Å². The molecular weight excluding hydrogens is 348 g/mol. The van der Waals surface area contributed by atoms with Crippen molar-refractivity contribution in [1.82, 2.24) is 0 Å². The van der Waals surface area contributed by atoms with E-state index in [0.29, 0.717) is 5.75 Å². The van der Waals surface area contributed by atoms with Crippen molar-refractivity contribution in [3.8, 4) is 5.75 Å². The molecule has 0 radical (unpaired) electrons. The van der Waals surface area contributed by atoms with Crippen molar-refractivity contribution in [2.75, 3.05) is 6.61 Å². The molecule has 152 valence electrons. The lowest BCUT2D eigenvalue weighted by Crippen LogP contribution is -2.60. The van der Waals surface area contributed by atoms with E-state index >= 15 is 0 Å². The topological polar surface area (TPSA) is 99.4 Å². The number of rotatable bonds is 7. The first kappa shape index (κ1) is 21.9. The fourth-order valence-corrected chi connectivity index (χ4v) is 3.22. The molecule has 0 amide bonds. The van der Waals surface area contributed by atoms with Gasteiger partial charge in [-0.15, -0.1) is 0 Å². The fraction of sp³-hybridized carbons (Fsp3) is 0.619. The summed E-state index contributed by atoms with van der Waals surface area (Å²) in [6, 6.07) is 5.88. The Bertz CT molecular complexity index is 638. The van der Waals surface area contributed by atoms with E-state index < -0.39 is 37.3 Å². The Balaban J connectivity index is 2.19. The maximum absolute atomic E-state index is 10.2. The molecule has 6 heteroatoms. The largest absolute Gasteiger partial charge is 0.462 e. The van der Waals surface area contributed by atoms with Crippen molar-refractivity contribution in [1.29, 1.82) is 0 Å². The second kappa shape index (κ2) is 9.66. The van der Waals surface area contributed by atoms with Crippen molar-refractivity contribution in [2.45, 2.75) is 77.2 Å². The second-order valence-corrected chi connectivity index (χ2v) is 7.62. The molecule has 27 heavy (non-hydrogen) atoms. The predicted octanol–water partition coefficient (Wildman–Crippen LogP) is 2.02. The first-order valence-corrected chi connectivity index (χ1v) is 9.45. The van der Waals surface area contributed by atoms with Crippen molar-refractivity contribution in [3.05, 3.63) is 41.0 Å². The number of aryl methyl sites for hydroxylation is 1. The fourth-order valence-electron chi connectivity index (χ4n) is 3.22. The molecule has 6 nitrogen and oxygen atoms in total. The monoisotopic (exact) mass is 380 g/mol. The molecule has 2 unspecified atom stereocenters. The average Bonchev–Trinajstić information content (AvgIpc) is 2.61. The Morgan fingerprint density at radius 2 is 1.89 bits per heavy atom. The van der Waals surface area contributed by atoms with Crippen LogP contribution in [-0.2, 0) is 4.74 Å². The van der Waals surface area contributed by atoms with Crippen LogP contribution in [-0.4, -0.2) is 57.7 Å². The zero-order valence-corrected chi connectivity index (χ0v) is 16.5. The summed E-state index contributed by atoms with van der Waals surface area (Å²) in [6.07, 6.45) is -2.34. The Kier molecular flexibility index (Phi) is 7.82. The number of ether oxygens (including phenoxy) is 2. The number of benzene rings is 1. The first-order valence-electron chi connectivity index (χ1n) is 9.45. The first-order chi connectivity index (χ1) is 12.7. The van der Waals surface area contributed by atoms with E-state index in [0.717, 1.165) is 24.0 Å². The van der Waals surface area contributed by atoms with Gasteiger partial charge in [0.2, 0.25) is 6.29 Å². The predicted molar refractivity (Wildman–Crippen MR) is 103 cm³/mol. The molecule has 1 saturated heterocycles. The van der Waals surface area contributed by atoms with Crippen molar-refractivity contribution < 1.29 is 29.9 Å². The molecule has 6 atom stereocenters. The van der Waals surface area contributed by atoms with Crippen LogP contribution in [0.3, 0.4) is 0 Å². The maximum Gasteiger partial charge on any atom is 0.229 e. The lowest BCUT2D eigenvalue weighted by Gasteiger charge is -2.40. The summed E-state index contributed by atoms with van der Waals surface area (Å²) in [4.78, 5) is 0. The minimum Gasteiger partial charge on any atom is -0.462 e.